The minimum Gasteiger partial charge on any atom is -0.447 e. The molecule has 4 aromatic rings. The number of hydrogen-bond donors (Lipinski definition) is 2. The summed E-state index contributed by atoms with van der Waals surface area (Å²) in [4.78, 5) is 30.2. The van der Waals surface area contributed by atoms with Crippen molar-refractivity contribution in [2.75, 3.05) is 0 Å². The van der Waals surface area contributed by atoms with Gasteiger partial charge in [-0.2, -0.15) is 5.10 Å². The molecule has 2 aromatic heterocycles. The molecule has 0 saturated heterocycles. The fraction of sp³-hybridized carbons (Fsp3) is 0.111. The normalized spacial score (nSPS) is 14.3. The Balaban J connectivity index is 1.48. The molecule has 1 aliphatic rings. The summed E-state index contributed by atoms with van der Waals surface area (Å²) in [6.45, 7) is 0. The Morgan fingerprint density at radius 2 is 1.69 bits per heavy atom. The van der Waals surface area contributed by atoms with Crippen molar-refractivity contribution in [3.8, 4) is 17.1 Å². The third kappa shape index (κ3) is 4.91. The van der Waals surface area contributed by atoms with E-state index in [1.165, 1.54) is 30.6 Å². The summed E-state index contributed by atoms with van der Waals surface area (Å²) in [7, 11) is 0. The molecule has 0 spiro atoms. The van der Waals surface area contributed by atoms with Gasteiger partial charge in [-0.25, -0.2) is 22.8 Å². The molecule has 0 bridgehead atoms. The highest BCUT2D eigenvalue weighted by atomic mass is 19.1. The molecule has 3 N–H and O–H groups in total. The molecule has 2 aromatic carbocycles. The van der Waals surface area contributed by atoms with Gasteiger partial charge in [0.05, 0.1) is 16.8 Å². The molecule has 39 heavy (non-hydrogen) atoms. The number of halogens is 3. The number of nitrogens with zero attached hydrogens (tertiary/aromatic N) is 3. The van der Waals surface area contributed by atoms with Gasteiger partial charge in [0.25, 0.3) is 5.91 Å². The zero-order chi connectivity index (χ0) is 27.6. The first-order valence-electron chi connectivity index (χ1n) is 11.6. The van der Waals surface area contributed by atoms with Crippen LogP contribution in [0.15, 0.2) is 85.6 Å². The third-order valence-electron chi connectivity index (χ3n) is 6.03. The van der Waals surface area contributed by atoms with Crippen LogP contribution in [0.1, 0.15) is 15.9 Å². The Labute approximate surface area is 219 Å². The van der Waals surface area contributed by atoms with Gasteiger partial charge in [0.15, 0.2) is 5.82 Å². The molecule has 0 fully saturated rings. The van der Waals surface area contributed by atoms with Crippen LogP contribution in [-0.2, 0) is 20.7 Å². The number of pyridine rings is 1. The number of benzene rings is 2. The molecule has 3 heterocycles. The first kappa shape index (κ1) is 25.5. The lowest BCUT2D eigenvalue weighted by Crippen LogP contribution is -2.61. The molecule has 0 saturated carbocycles. The van der Waals surface area contributed by atoms with Crippen LogP contribution in [0.5, 0.6) is 0 Å². The Morgan fingerprint density at radius 1 is 1.00 bits per heavy atom. The predicted molar refractivity (Wildman–Crippen MR) is 131 cm³/mol. The van der Waals surface area contributed by atoms with Gasteiger partial charge < -0.3 is 20.5 Å². The summed E-state index contributed by atoms with van der Waals surface area (Å²) in [5.74, 6) is -6.98. The number of aromatic nitrogens is 3. The van der Waals surface area contributed by atoms with Gasteiger partial charge in [-0.15, -0.1) is 0 Å². The van der Waals surface area contributed by atoms with E-state index in [-0.39, 0.29) is 23.5 Å². The second-order valence-electron chi connectivity index (χ2n) is 8.52. The number of nitrogens with two attached hydrogens (primary N) is 1. The maximum atomic E-state index is 14.3. The van der Waals surface area contributed by atoms with E-state index in [0.29, 0.717) is 12.1 Å². The van der Waals surface area contributed by atoms with Crippen molar-refractivity contribution in [3.05, 3.63) is 114 Å². The van der Waals surface area contributed by atoms with Crippen molar-refractivity contribution in [1.82, 2.24) is 20.1 Å². The molecular formula is C27H20F3N5O4. The van der Waals surface area contributed by atoms with Crippen molar-refractivity contribution in [2.24, 2.45) is 5.73 Å². The third-order valence-corrected chi connectivity index (χ3v) is 6.03. The van der Waals surface area contributed by atoms with Crippen molar-refractivity contribution in [1.29, 1.82) is 0 Å². The van der Waals surface area contributed by atoms with Gasteiger partial charge in [0.1, 0.15) is 36.0 Å². The Hall–Kier alpha value is -5.13. The van der Waals surface area contributed by atoms with Crippen LogP contribution in [0.2, 0.25) is 0 Å². The van der Waals surface area contributed by atoms with Crippen molar-refractivity contribution in [3.63, 3.8) is 0 Å². The maximum Gasteiger partial charge on any atom is 0.352 e. The smallest absolute Gasteiger partial charge is 0.352 e. The number of carbonyl (C=O) groups is 2. The fourth-order valence-electron chi connectivity index (χ4n) is 4.22. The van der Waals surface area contributed by atoms with E-state index in [1.807, 2.05) is 6.07 Å². The number of ether oxygens (including phenoxy) is 2. The molecule has 2 amide bonds. The average Bonchev–Trinajstić information content (AvgIpc) is 3.60. The number of carbonyl (C=O) groups excluding carboxylic acids is 2. The Bertz CT molecular complexity index is 1540. The number of hydrogen-bond acceptors (Lipinski definition) is 6. The van der Waals surface area contributed by atoms with Gasteiger partial charge in [-0.1, -0.05) is 30.3 Å². The second kappa shape index (κ2) is 10.3. The van der Waals surface area contributed by atoms with Gasteiger partial charge in [0, 0.05) is 30.9 Å². The maximum absolute atomic E-state index is 14.3. The summed E-state index contributed by atoms with van der Waals surface area (Å²) in [6.07, 6.45) is 5.16. The predicted octanol–water partition coefficient (Wildman–Crippen LogP) is 3.39. The van der Waals surface area contributed by atoms with Crippen molar-refractivity contribution >= 4 is 11.8 Å². The van der Waals surface area contributed by atoms with Gasteiger partial charge >= 0.3 is 11.7 Å². The quantitative estimate of drug-likeness (QED) is 0.357. The molecule has 5 rings (SSSR count). The van der Waals surface area contributed by atoms with E-state index >= 15 is 0 Å². The Morgan fingerprint density at radius 3 is 2.36 bits per heavy atom. The molecule has 0 radical (unpaired) electrons. The SMILES string of the molecule is NC(=O)C1(C(Cc2ccccc2)NC(=O)c2cccnc2-n2ccc(-c3c(F)cc(F)cc3F)n2)OC=CO1. The first-order chi connectivity index (χ1) is 18.8. The lowest BCUT2D eigenvalue weighted by atomic mass is 9.97. The highest BCUT2D eigenvalue weighted by molar-refractivity contribution is 5.98. The average molecular weight is 535 g/mol. The number of rotatable bonds is 8. The summed E-state index contributed by atoms with van der Waals surface area (Å²) in [6, 6.07) is 13.2. The fourth-order valence-corrected chi connectivity index (χ4v) is 4.22. The summed E-state index contributed by atoms with van der Waals surface area (Å²) in [5, 5.41) is 6.90. The van der Waals surface area contributed by atoms with Crippen LogP contribution in [0.3, 0.4) is 0 Å². The van der Waals surface area contributed by atoms with Crippen molar-refractivity contribution in [2.45, 2.75) is 18.2 Å². The zero-order valence-corrected chi connectivity index (χ0v) is 20.1. The standard InChI is InChI=1S/C27H20F3N5O4/c28-17-14-19(29)23(20(30)15-17)21-8-10-35(34-21)24-18(7-4-9-32-24)25(36)33-22(13-16-5-2-1-3-6-16)27(26(31)37)38-11-12-39-27/h1-12,14-15,22H,13H2,(H2,31,37)(H,33,36). The number of primary amides is 1. The van der Waals surface area contributed by atoms with E-state index in [0.717, 1.165) is 22.8 Å². The van der Waals surface area contributed by atoms with E-state index < -0.39 is 46.7 Å². The monoisotopic (exact) mass is 535 g/mol. The highest BCUT2D eigenvalue weighted by Gasteiger charge is 2.51. The highest BCUT2D eigenvalue weighted by Crippen LogP contribution is 2.29. The molecular weight excluding hydrogens is 515 g/mol. The molecule has 12 heteroatoms. The topological polar surface area (TPSA) is 121 Å². The molecule has 9 nitrogen and oxygen atoms in total. The van der Waals surface area contributed by atoms with Gasteiger partial charge in [-0.05, 0) is 23.8 Å². The van der Waals surface area contributed by atoms with E-state index in [9.17, 15) is 22.8 Å². The molecule has 1 unspecified atom stereocenters. The van der Waals surface area contributed by atoms with Gasteiger partial charge in [-0.3, -0.25) is 9.59 Å². The van der Waals surface area contributed by atoms with Gasteiger partial charge in [0.2, 0.25) is 0 Å². The molecule has 1 aliphatic heterocycles. The van der Waals surface area contributed by atoms with Crippen LogP contribution in [0.25, 0.3) is 17.1 Å². The molecule has 198 valence electrons. The van der Waals surface area contributed by atoms with Crippen LogP contribution in [0, 0.1) is 17.5 Å². The summed E-state index contributed by atoms with van der Waals surface area (Å²) < 4.78 is 54.0. The second-order valence-corrected chi connectivity index (χ2v) is 8.52. The summed E-state index contributed by atoms with van der Waals surface area (Å²) in [5.41, 5.74) is 5.71. The van der Waals surface area contributed by atoms with Crippen LogP contribution >= 0.6 is 0 Å². The van der Waals surface area contributed by atoms with Crippen molar-refractivity contribution < 1.29 is 32.2 Å². The van der Waals surface area contributed by atoms with E-state index in [1.54, 1.807) is 24.3 Å². The van der Waals surface area contributed by atoms with Crippen LogP contribution in [0.4, 0.5) is 13.2 Å². The molecule has 1 atom stereocenters. The van der Waals surface area contributed by atoms with Crippen LogP contribution < -0.4 is 11.1 Å². The lowest BCUT2D eigenvalue weighted by Gasteiger charge is -2.33. The lowest BCUT2D eigenvalue weighted by molar-refractivity contribution is -0.182. The van der Waals surface area contributed by atoms with E-state index in [4.69, 9.17) is 15.2 Å². The zero-order valence-electron chi connectivity index (χ0n) is 20.1. The largest absolute Gasteiger partial charge is 0.447 e. The number of amides is 2. The Kier molecular flexibility index (Phi) is 6.75. The summed E-state index contributed by atoms with van der Waals surface area (Å²) >= 11 is 0. The molecule has 0 aliphatic carbocycles. The minimum atomic E-state index is -2.01. The first-order valence-corrected chi connectivity index (χ1v) is 11.6. The number of nitrogens with one attached hydrogen (secondary N) is 1. The van der Waals surface area contributed by atoms with Crippen LogP contribution in [-0.4, -0.2) is 38.4 Å². The van der Waals surface area contributed by atoms with E-state index in [2.05, 4.69) is 15.4 Å². The minimum absolute atomic E-state index is 0.0100.